The molecule has 0 aromatic heterocycles. The van der Waals surface area contributed by atoms with Crippen LogP contribution in [-0.2, 0) is 27.3 Å². The van der Waals surface area contributed by atoms with Crippen LogP contribution in [0, 0.1) is 0 Å². The predicted octanol–water partition coefficient (Wildman–Crippen LogP) is 3.33. The lowest BCUT2D eigenvalue weighted by Gasteiger charge is -2.29. The van der Waals surface area contributed by atoms with Crippen molar-refractivity contribution < 1.29 is 23.9 Å². The van der Waals surface area contributed by atoms with Gasteiger partial charge in [-0.25, -0.2) is 0 Å². The molecule has 0 N–H and O–H groups in total. The van der Waals surface area contributed by atoms with Gasteiger partial charge in [0.15, 0.2) is 0 Å². The van der Waals surface area contributed by atoms with E-state index in [1.165, 1.54) is 10.5 Å². The third-order valence-corrected chi connectivity index (χ3v) is 6.29. The molecular weight excluding hydrogens is 420 g/mol. The first-order chi connectivity index (χ1) is 16.1. The Balaban J connectivity index is 1.34. The van der Waals surface area contributed by atoms with Crippen LogP contribution >= 0.6 is 0 Å². The smallest absolute Gasteiger partial charge is 0.255 e. The van der Waals surface area contributed by atoms with Gasteiger partial charge in [0.25, 0.3) is 5.91 Å². The fourth-order valence-corrected chi connectivity index (χ4v) is 4.60. The van der Waals surface area contributed by atoms with Crippen LogP contribution in [0.4, 0.5) is 5.69 Å². The number of fused-ring (bicyclic) bond motifs is 2. The van der Waals surface area contributed by atoms with Gasteiger partial charge in [0.05, 0.1) is 19.2 Å². The van der Waals surface area contributed by atoms with Crippen LogP contribution in [0.3, 0.4) is 0 Å². The molecule has 2 heterocycles. The maximum atomic E-state index is 12.8. The number of carbonyl (C=O) groups is 4. The third-order valence-electron chi connectivity index (χ3n) is 6.29. The van der Waals surface area contributed by atoms with E-state index in [0.717, 1.165) is 43.2 Å². The Labute approximate surface area is 193 Å². The van der Waals surface area contributed by atoms with Gasteiger partial charge < -0.3 is 24.1 Å². The van der Waals surface area contributed by atoms with Crippen molar-refractivity contribution in [2.75, 3.05) is 18.1 Å². The molecule has 7 heteroatoms. The van der Waals surface area contributed by atoms with Crippen LogP contribution in [0.1, 0.15) is 53.6 Å². The molecule has 0 bridgehead atoms. The highest BCUT2D eigenvalue weighted by Crippen LogP contribution is 2.33. The average molecular weight is 449 g/mol. The van der Waals surface area contributed by atoms with Gasteiger partial charge in [0, 0.05) is 36.2 Å². The summed E-state index contributed by atoms with van der Waals surface area (Å²) in [7, 11) is 0. The summed E-state index contributed by atoms with van der Waals surface area (Å²) in [5, 5.41) is 0. The summed E-state index contributed by atoms with van der Waals surface area (Å²) in [6.45, 7) is 1.37. The molecule has 2 aliphatic rings. The van der Waals surface area contributed by atoms with Crippen molar-refractivity contribution in [2.45, 2.75) is 51.1 Å². The van der Waals surface area contributed by atoms with Crippen molar-refractivity contribution >= 4 is 30.1 Å². The Kier molecular flexibility index (Phi) is 7.17. The number of anilines is 1. The van der Waals surface area contributed by atoms with Crippen molar-refractivity contribution in [1.29, 1.82) is 0 Å². The zero-order valence-electron chi connectivity index (χ0n) is 18.6. The largest absolute Gasteiger partial charge is 0.493 e. The van der Waals surface area contributed by atoms with Crippen molar-refractivity contribution in [3.63, 3.8) is 0 Å². The number of para-hydroxylation sites is 1. The highest BCUT2D eigenvalue weighted by atomic mass is 16.5. The van der Waals surface area contributed by atoms with Crippen LogP contribution in [0.15, 0.2) is 42.5 Å². The molecule has 0 fully saturated rings. The molecule has 2 aliphatic heterocycles. The lowest BCUT2D eigenvalue weighted by atomic mass is 10.0. The van der Waals surface area contributed by atoms with Gasteiger partial charge in [-0.2, -0.15) is 0 Å². The van der Waals surface area contributed by atoms with Crippen LogP contribution in [-0.4, -0.2) is 48.5 Å². The monoisotopic (exact) mass is 448 g/mol. The number of benzene rings is 2. The minimum absolute atomic E-state index is 0.0920. The second-order valence-corrected chi connectivity index (χ2v) is 8.39. The highest BCUT2D eigenvalue weighted by Gasteiger charge is 2.34. The standard InChI is InChI=1S/C26H28N2O5/c29-15-5-9-20(18-30)28-17-22-21(26(28)32)10-3-12-24(22)33-16-6-13-25(31)27-14-4-8-19-7-1-2-11-23(19)27/h1-3,7,10-12,15,18,20H,4-6,8-9,13-14,16-17H2. The minimum Gasteiger partial charge on any atom is -0.493 e. The maximum Gasteiger partial charge on any atom is 0.255 e. The molecule has 2 aromatic rings. The fraction of sp³-hybridized carbons (Fsp3) is 0.385. The van der Waals surface area contributed by atoms with E-state index in [9.17, 15) is 19.2 Å². The van der Waals surface area contributed by atoms with Gasteiger partial charge in [-0.1, -0.05) is 24.3 Å². The van der Waals surface area contributed by atoms with Gasteiger partial charge in [0.2, 0.25) is 5.91 Å². The van der Waals surface area contributed by atoms with Crippen molar-refractivity contribution in [3.05, 3.63) is 59.2 Å². The van der Waals surface area contributed by atoms with Gasteiger partial charge in [0.1, 0.15) is 18.3 Å². The number of hydrogen-bond donors (Lipinski definition) is 0. The normalized spacial score (nSPS) is 15.6. The van der Waals surface area contributed by atoms with Gasteiger partial charge in [-0.05, 0) is 49.4 Å². The maximum absolute atomic E-state index is 12.8. The predicted molar refractivity (Wildman–Crippen MR) is 123 cm³/mol. The second-order valence-electron chi connectivity index (χ2n) is 8.39. The Morgan fingerprint density at radius 1 is 1.12 bits per heavy atom. The minimum atomic E-state index is -0.631. The molecule has 2 aromatic carbocycles. The lowest BCUT2D eigenvalue weighted by molar-refractivity contribution is -0.119. The molecule has 1 atom stereocenters. The summed E-state index contributed by atoms with van der Waals surface area (Å²) in [5.41, 5.74) is 3.49. The molecule has 7 nitrogen and oxygen atoms in total. The number of amides is 2. The number of carbonyl (C=O) groups excluding carboxylic acids is 4. The summed E-state index contributed by atoms with van der Waals surface area (Å²) in [4.78, 5) is 51.1. The molecular formula is C26H28N2O5. The van der Waals surface area contributed by atoms with Crippen LogP contribution in [0.2, 0.25) is 0 Å². The molecule has 33 heavy (non-hydrogen) atoms. The van der Waals surface area contributed by atoms with Crippen molar-refractivity contribution in [2.24, 2.45) is 0 Å². The number of aldehydes is 2. The molecule has 0 saturated heterocycles. The Morgan fingerprint density at radius 3 is 2.79 bits per heavy atom. The first-order valence-electron chi connectivity index (χ1n) is 11.5. The molecule has 0 aliphatic carbocycles. The molecule has 0 radical (unpaired) electrons. The van der Waals surface area contributed by atoms with E-state index >= 15 is 0 Å². The quantitative estimate of drug-likeness (QED) is 0.411. The SMILES string of the molecule is O=CCCC(C=O)N1Cc2c(OCCCC(=O)N3CCCc4ccccc43)cccc2C1=O. The van der Waals surface area contributed by atoms with E-state index in [1.54, 1.807) is 18.2 Å². The van der Waals surface area contributed by atoms with Gasteiger partial charge in [-0.3, -0.25) is 9.59 Å². The van der Waals surface area contributed by atoms with E-state index in [1.807, 2.05) is 23.1 Å². The Bertz CT molecular complexity index is 1050. The van der Waals surface area contributed by atoms with Crippen LogP contribution < -0.4 is 9.64 Å². The van der Waals surface area contributed by atoms with Gasteiger partial charge in [-0.15, -0.1) is 0 Å². The first-order valence-corrected chi connectivity index (χ1v) is 11.5. The first kappa shape index (κ1) is 22.7. The summed E-state index contributed by atoms with van der Waals surface area (Å²) < 4.78 is 5.95. The summed E-state index contributed by atoms with van der Waals surface area (Å²) >= 11 is 0. The fourth-order valence-electron chi connectivity index (χ4n) is 4.60. The summed E-state index contributed by atoms with van der Waals surface area (Å²) in [6.07, 6.45) is 4.92. The third kappa shape index (κ3) is 4.82. The van der Waals surface area contributed by atoms with E-state index in [4.69, 9.17) is 4.74 Å². The summed E-state index contributed by atoms with van der Waals surface area (Å²) in [6, 6.07) is 12.7. The van der Waals surface area contributed by atoms with E-state index in [0.29, 0.717) is 37.2 Å². The van der Waals surface area contributed by atoms with Crippen LogP contribution in [0.25, 0.3) is 0 Å². The summed E-state index contributed by atoms with van der Waals surface area (Å²) in [5.74, 6) is 0.464. The van der Waals surface area contributed by atoms with E-state index < -0.39 is 6.04 Å². The molecule has 172 valence electrons. The number of hydrogen-bond acceptors (Lipinski definition) is 5. The zero-order chi connectivity index (χ0) is 23.2. The topological polar surface area (TPSA) is 84.0 Å². The van der Waals surface area contributed by atoms with Crippen LogP contribution in [0.5, 0.6) is 5.75 Å². The molecule has 0 saturated carbocycles. The molecule has 0 spiro atoms. The lowest BCUT2D eigenvalue weighted by Crippen LogP contribution is -2.36. The van der Waals surface area contributed by atoms with Gasteiger partial charge >= 0.3 is 0 Å². The molecule has 4 rings (SSSR count). The van der Waals surface area contributed by atoms with Crippen molar-refractivity contribution in [1.82, 2.24) is 4.90 Å². The van der Waals surface area contributed by atoms with Crippen molar-refractivity contribution in [3.8, 4) is 5.75 Å². The number of ether oxygens (including phenoxy) is 1. The number of rotatable bonds is 10. The average Bonchev–Trinajstić information content (AvgIpc) is 3.19. The second kappa shape index (κ2) is 10.4. The Hall–Kier alpha value is -3.48. The molecule has 1 unspecified atom stereocenters. The molecule has 2 amide bonds. The number of nitrogens with zero attached hydrogens (tertiary/aromatic N) is 2. The highest BCUT2D eigenvalue weighted by molar-refractivity contribution is 6.00. The zero-order valence-corrected chi connectivity index (χ0v) is 18.6. The van der Waals surface area contributed by atoms with E-state index in [-0.39, 0.29) is 24.8 Å². The number of aryl methyl sites for hydroxylation is 1. The van der Waals surface area contributed by atoms with E-state index in [2.05, 4.69) is 6.07 Å². The Morgan fingerprint density at radius 2 is 1.97 bits per heavy atom.